The third kappa shape index (κ3) is 3.83. The van der Waals surface area contributed by atoms with Crippen LogP contribution in [0.15, 0.2) is 67.3 Å². The minimum atomic E-state index is -0.506. The Morgan fingerprint density at radius 3 is 2.43 bits per heavy atom. The Morgan fingerprint density at radius 1 is 1.04 bits per heavy atom. The molecule has 0 saturated heterocycles. The average molecular weight is 308 g/mol. The highest BCUT2D eigenvalue weighted by Gasteiger charge is 2.10. The Kier molecular flexibility index (Phi) is 4.80. The molecule has 0 spiro atoms. The number of benzene rings is 2. The number of hydrogen-bond donors (Lipinski definition) is 2. The van der Waals surface area contributed by atoms with Crippen molar-refractivity contribution in [3.05, 3.63) is 78.4 Å². The summed E-state index contributed by atoms with van der Waals surface area (Å²) in [7, 11) is 0. The van der Waals surface area contributed by atoms with Crippen molar-refractivity contribution in [3.8, 4) is 5.69 Å². The van der Waals surface area contributed by atoms with Crippen molar-refractivity contribution in [2.24, 2.45) is 0 Å². The molecule has 0 bridgehead atoms. The predicted molar refractivity (Wildman–Crippen MR) is 89.2 cm³/mol. The quantitative estimate of drug-likeness (QED) is 0.735. The largest absolute Gasteiger partial charge is 0.387 e. The zero-order chi connectivity index (χ0) is 16.1. The molecule has 1 aromatic heterocycles. The minimum absolute atomic E-state index is 0.151. The summed E-state index contributed by atoms with van der Waals surface area (Å²) in [5, 5.41) is 17.7. The zero-order valence-corrected chi connectivity index (χ0v) is 13.0. The van der Waals surface area contributed by atoms with E-state index in [0.29, 0.717) is 6.54 Å². The van der Waals surface area contributed by atoms with Gasteiger partial charge in [0.1, 0.15) is 12.7 Å². The van der Waals surface area contributed by atoms with Crippen molar-refractivity contribution in [1.82, 2.24) is 20.1 Å². The molecule has 3 rings (SSSR count). The fourth-order valence-electron chi connectivity index (χ4n) is 2.46. The second-order valence-corrected chi connectivity index (χ2v) is 5.49. The Hall–Kier alpha value is -2.50. The molecule has 23 heavy (non-hydrogen) atoms. The van der Waals surface area contributed by atoms with Gasteiger partial charge in [0, 0.05) is 12.6 Å². The monoisotopic (exact) mass is 308 g/mol. The van der Waals surface area contributed by atoms with Gasteiger partial charge in [0.25, 0.3) is 0 Å². The molecule has 0 radical (unpaired) electrons. The van der Waals surface area contributed by atoms with Crippen LogP contribution in [0.3, 0.4) is 0 Å². The molecule has 1 heterocycles. The lowest BCUT2D eigenvalue weighted by Gasteiger charge is -2.18. The molecule has 0 saturated carbocycles. The lowest BCUT2D eigenvalue weighted by molar-refractivity contribution is 0.171. The van der Waals surface area contributed by atoms with Crippen LogP contribution in [-0.4, -0.2) is 26.4 Å². The topological polar surface area (TPSA) is 63.0 Å². The Balaban J connectivity index is 1.59. The molecular weight excluding hydrogens is 288 g/mol. The van der Waals surface area contributed by atoms with Gasteiger partial charge in [-0.1, -0.05) is 42.5 Å². The lowest BCUT2D eigenvalue weighted by Crippen LogP contribution is -2.24. The molecule has 3 aromatic rings. The maximum atomic E-state index is 10.2. The molecule has 2 aromatic carbocycles. The van der Waals surface area contributed by atoms with E-state index < -0.39 is 6.10 Å². The van der Waals surface area contributed by atoms with Crippen LogP contribution < -0.4 is 5.32 Å². The van der Waals surface area contributed by atoms with Gasteiger partial charge in [0.15, 0.2) is 0 Å². The van der Waals surface area contributed by atoms with E-state index >= 15 is 0 Å². The first-order valence-electron chi connectivity index (χ1n) is 7.65. The summed E-state index contributed by atoms with van der Waals surface area (Å²) in [5.41, 5.74) is 3.06. The van der Waals surface area contributed by atoms with Gasteiger partial charge in [0.05, 0.1) is 11.8 Å². The zero-order valence-electron chi connectivity index (χ0n) is 13.0. The summed E-state index contributed by atoms with van der Waals surface area (Å²) in [5.74, 6) is 0. The van der Waals surface area contributed by atoms with Gasteiger partial charge in [-0.05, 0) is 30.2 Å². The second-order valence-electron chi connectivity index (χ2n) is 5.49. The van der Waals surface area contributed by atoms with Crippen LogP contribution in [0.4, 0.5) is 0 Å². The van der Waals surface area contributed by atoms with Gasteiger partial charge in [-0.15, -0.1) is 0 Å². The van der Waals surface area contributed by atoms with Gasteiger partial charge in [0.2, 0.25) is 0 Å². The summed E-state index contributed by atoms with van der Waals surface area (Å²) in [6.07, 6.45) is 2.68. The van der Waals surface area contributed by atoms with E-state index in [-0.39, 0.29) is 6.04 Å². The number of nitrogens with one attached hydrogen (secondary N) is 1. The number of aliphatic hydroxyl groups excluding tert-OH is 1. The van der Waals surface area contributed by atoms with Crippen molar-refractivity contribution in [3.63, 3.8) is 0 Å². The molecule has 118 valence electrons. The smallest absolute Gasteiger partial charge is 0.138 e. The van der Waals surface area contributed by atoms with Crippen LogP contribution in [0.1, 0.15) is 30.2 Å². The first-order chi connectivity index (χ1) is 11.2. The van der Waals surface area contributed by atoms with E-state index in [4.69, 9.17) is 0 Å². The highest BCUT2D eigenvalue weighted by molar-refractivity contribution is 5.34. The maximum absolute atomic E-state index is 10.2. The molecule has 0 fully saturated rings. The Labute approximate surface area is 135 Å². The molecule has 2 unspecified atom stereocenters. The van der Waals surface area contributed by atoms with Crippen molar-refractivity contribution in [2.75, 3.05) is 6.54 Å². The molecule has 5 heteroatoms. The number of rotatable bonds is 6. The summed E-state index contributed by atoms with van der Waals surface area (Å²) in [4.78, 5) is 3.95. The van der Waals surface area contributed by atoms with E-state index in [2.05, 4.69) is 34.5 Å². The Bertz CT molecular complexity index is 711. The number of aromatic nitrogens is 3. The number of aliphatic hydroxyl groups is 1. The molecule has 2 N–H and O–H groups in total. The summed E-state index contributed by atoms with van der Waals surface area (Å²) in [6, 6.07) is 18.0. The lowest BCUT2D eigenvalue weighted by atomic mass is 10.1. The highest BCUT2D eigenvalue weighted by atomic mass is 16.3. The summed E-state index contributed by atoms with van der Waals surface area (Å²) >= 11 is 0. The van der Waals surface area contributed by atoms with Crippen LogP contribution in [0, 0.1) is 0 Å². The van der Waals surface area contributed by atoms with E-state index in [1.807, 2.05) is 42.5 Å². The van der Waals surface area contributed by atoms with Crippen LogP contribution in [-0.2, 0) is 0 Å². The minimum Gasteiger partial charge on any atom is -0.387 e. The van der Waals surface area contributed by atoms with Crippen LogP contribution in [0.2, 0.25) is 0 Å². The fraction of sp³-hybridized carbons (Fsp3) is 0.222. The first-order valence-corrected chi connectivity index (χ1v) is 7.65. The standard InChI is InChI=1S/C18H20N4O/c1-14(20-11-18(23)16-5-3-2-4-6-16)15-7-9-17(10-8-15)22-13-19-12-21-22/h2-10,12-14,18,20,23H,11H2,1H3. The molecule has 5 nitrogen and oxygen atoms in total. The van der Waals surface area contributed by atoms with Gasteiger partial charge < -0.3 is 10.4 Å². The molecular formula is C18H20N4O. The SMILES string of the molecule is CC(NCC(O)c1ccccc1)c1ccc(-n2cncn2)cc1. The van der Waals surface area contributed by atoms with E-state index in [0.717, 1.165) is 16.8 Å². The predicted octanol–water partition coefficient (Wildman–Crippen LogP) is 2.65. The molecule has 0 aliphatic heterocycles. The summed E-state index contributed by atoms with van der Waals surface area (Å²) in [6.45, 7) is 2.60. The molecule has 0 aliphatic carbocycles. The van der Waals surface area contributed by atoms with Crippen LogP contribution >= 0.6 is 0 Å². The number of hydrogen-bond acceptors (Lipinski definition) is 4. The van der Waals surface area contributed by atoms with Gasteiger partial charge >= 0.3 is 0 Å². The normalized spacial score (nSPS) is 13.7. The molecule has 2 atom stereocenters. The van der Waals surface area contributed by atoms with E-state index in [9.17, 15) is 5.11 Å². The Morgan fingerprint density at radius 2 is 1.78 bits per heavy atom. The highest BCUT2D eigenvalue weighted by Crippen LogP contribution is 2.17. The van der Waals surface area contributed by atoms with E-state index in [1.165, 1.54) is 6.33 Å². The average Bonchev–Trinajstić information content (AvgIpc) is 3.15. The van der Waals surface area contributed by atoms with Gasteiger partial charge in [-0.25, -0.2) is 9.67 Å². The van der Waals surface area contributed by atoms with Crippen molar-refractivity contribution < 1.29 is 5.11 Å². The van der Waals surface area contributed by atoms with Crippen molar-refractivity contribution >= 4 is 0 Å². The van der Waals surface area contributed by atoms with Crippen LogP contribution in [0.5, 0.6) is 0 Å². The number of nitrogens with zero attached hydrogens (tertiary/aromatic N) is 3. The third-order valence-corrected chi connectivity index (χ3v) is 3.88. The maximum Gasteiger partial charge on any atom is 0.138 e. The molecule has 0 amide bonds. The third-order valence-electron chi connectivity index (χ3n) is 3.88. The fourth-order valence-corrected chi connectivity index (χ4v) is 2.46. The van der Waals surface area contributed by atoms with Crippen molar-refractivity contribution in [1.29, 1.82) is 0 Å². The van der Waals surface area contributed by atoms with E-state index in [1.54, 1.807) is 11.0 Å². The van der Waals surface area contributed by atoms with Gasteiger partial charge in [-0.3, -0.25) is 0 Å². The first kappa shape index (κ1) is 15.4. The van der Waals surface area contributed by atoms with Gasteiger partial charge in [-0.2, -0.15) is 5.10 Å². The van der Waals surface area contributed by atoms with Crippen LogP contribution in [0.25, 0.3) is 5.69 Å². The summed E-state index contributed by atoms with van der Waals surface area (Å²) < 4.78 is 1.72. The second kappa shape index (κ2) is 7.17. The van der Waals surface area contributed by atoms with Crippen molar-refractivity contribution in [2.45, 2.75) is 19.1 Å². The molecule has 0 aliphatic rings.